The summed E-state index contributed by atoms with van der Waals surface area (Å²) in [6, 6.07) is 7.08. The van der Waals surface area contributed by atoms with Gasteiger partial charge >= 0.3 is 5.97 Å². The number of carbonyl (C=O) groups is 1. The number of carboxylic acid groups (broad SMARTS) is 1. The summed E-state index contributed by atoms with van der Waals surface area (Å²) in [5.74, 6) is -1.09. The first-order valence-electron chi connectivity index (χ1n) is 5.92. The summed E-state index contributed by atoms with van der Waals surface area (Å²) in [4.78, 5) is 27.0. The average molecular weight is 262 g/mol. The van der Waals surface area contributed by atoms with E-state index in [1.807, 2.05) is 0 Å². The van der Waals surface area contributed by atoms with Crippen molar-refractivity contribution in [2.24, 2.45) is 0 Å². The fourth-order valence-electron chi connectivity index (χ4n) is 1.87. The molecule has 0 saturated carbocycles. The summed E-state index contributed by atoms with van der Waals surface area (Å²) in [6.07, 6.45) is 0.140. The lowest BCUT2D eigenvalue weighted by Crippen LogP contribution is -2.34. The van der Waals surface area contributed by atoms with E-state index in [1.165, 1.54) is 10.8 Å². The minimum absolute atomic E-state index is 0.0367. The molecule has 0 bridgehead atoms. The number of ether oxygens (including phenoxy) is 1. The van der Waals surface area contributed by atoms with E-state index >= 15 is 0 Å². The predicted molar refractivity (Wildman–Crippen MR) is 69.1 cm³/mol. The number of para-hydroxylation sites is 2. The SMILES string of the molecule is CCOC(Cn1c(=O)cnc2ccccc21)C(=O)O. The van der Waals surface area contributed by atoms with E-state index in [2.05, 4.69) is 4.98 Å². The maximum absolute atomic E-state index is 11.8. The molecule has 6 nitrogen and oxygen atoms in total. The van der Waals surface area contributed by atoms with Gasteiger partial charge in [0.2, 0.25) is 0 Å². The summed E-state index contributed by atoms with van der Waals surface area (Å²) in [6.45, 7) is 1.95. The molecule has 0 aliphatic carbocycles. The number of hydrogen-bond acceptors (Lipinski definition) is 4. The number of carboxylic acids is 1. The zero-order valence-electron chi connectivity index (χ0n) is 10.4. The topological polar surface area (TPSA) is 81.4 Å². The zero-order chi connectivity index (χ0) is 13.8. The van der Waals surface area contributed by atoms with Gasteiger partial charge in [-0.3, -0.25) is 4.79 Å². The first kappa shape index (κ1) is 13.2. The molecule has 19 heavy (non-hydrogen) atoms. The van der Waals surface area contributed by atoms with E-state index in [9.17, 15) is 9.59 Å². The lowest BCUT2D eigenvalue weighted by Gasteiger charge is -2.15. The number of fused-ring (bicyclic) bond motifs is 1. The second kappa shape index (κ2) is 5.62. The molecular formula is C13H14N2O4. The first-order chi connectivity index (χ1) is 9.13. The Morgan fingerprint density at radius 3 is 2.89 bits per heavy atom. The molecule has 1 heterocycles. The molecule has 0 fully saturated rings. The van der Waals surface area contributed by atoms with E-state index in [0.29, 0.717) is 11.0 Å². The third-order valence-corrected chi connectivity index (χ3v) is 2.74. The van der Waals surface area contributed by atoms with Crippen molar-refractivity contribution in [2.45, 2.75) is 19.6 Å². The molecule has 1 aromatic heterocycles. The number of hydrogen-bond donors (Lipinski definition) is 1. The molecule has 1 unspecified atom stereocenters. The van der Waals surface area contributed by atoms with Crippen LogP contribution in [0.3, 0.4) is 0 Å². The van der Waals surface area contributed by atoms with Gasteiger partial charge in [0, 0.05) is 6.61 Å². The van der Waals surface area contributed by atoms with Crippen molar-refractivity contribution in [1.29, 1.82) is 0 Å². The van der Waals surface area contributed by atoms with Crippen LogP contribution in [0.15, 0.2) is 35.3 Å². The van der Waals surface area contributed by atoms with Gasteiger partial charge in [-0.2, -0.15) is 0 Å². The van der Waals surface area contributed by atoms with E-state index < -0.39 is 12.1 Å². The molecule has 1 N–H and O–H groups in total. The molecule has 0 saturated heterocycles. The highest BCUT2D eigenvalue weighted by Crippen LogP contribution is 2.09. The van der Waals surface area contributed by atoms with Crippen LogP contribution in [0.2, 0.25) is 0 Å². The average Bonchev–Trinajstić information content (AvgIpc) is 2.40. The summed E-state index contributed by atoms with van der Waals surface area (Å²) < 4.78 is 6.50. The summed E-state index contributed by atoms with van der Waals surface area (Å²) >= 11 is 0. The highest BCUT2D eigenvalue weighted by molar-refractivity contribution is 5.75. The minimum Gasteiger partial charge on any atom is -0.479 e. The maximum Gasteiger partial charge on any atom is 0.334 e. The Labute approximate surface area is 109 Å². The van der Waals surface area contributed by atoms with Gasteiger partial charge in [-0.1, -0.05) is 12.1 Å². The molecule has 2 aromatic rings. The van der Waals surface area contributed by atoms with Crippen LogP contribution in [0.1, 0.15) is 6.92 Å². The van der Waals surface area contributed by atoms with Crippen LogP contribution in [-0.4, -0.2) is 33.3 Å². The molecular weight excluding hydrogens is 248 g/mol. The van der Waals surface area contributed by atoms with Gasteiger partial charge in [0.05, 0.1) is 23.8 Å². The Bertz CT molecular complexity index is 650. The zero-order valence-corrected chi connectivity index (χ0v) is 10.4. The molecule has 6 heteroatoms. The van der Waals surface area contributed by atoms with Gasteiger partial charge < -0.3 is 14.4 Å². The van der Waals surface area contributed by atoms with E-state index in [1.54, 1.807) is 31.2 Å². The van der Waals surface area contributed by atoms with Crippen LogP contribution in [0.25, 0.3) is 11.0 Å². The molecule has 0 radical (unpaired) electrons. The molecule has 0 aliphatic rings. The second-order valence-electron chi connectivity index (χ2n) is 3.98. The van der Waals surface area contributed by atoms with E-state index in [0.717, 1.165) is 0 Å². The Hall–Kier alpha value is -2.21. The van der Waals surface area contributed by atoms with Crippen LogP contribution in [0.5, 0.6) is 0 Å². The normalized spacial score (nSPS) is 12.5. The van der Waals surface area contributed by atoms with Crippen molar-refractivity contribution in [3.63, 3.8) is 0 Å². The first-order valence-corrected chi connectivity index (χ1v) is 5.92. The van der Waals surface area contributed by atoms with Crippen LogP contribution < -0.4 is 5.56 Å². The Balaban J connectivity index is 2.46. The number of aromatic nitrogens is 2. The van der Waals surface area contributed by atoms with Crippen LogP contribution in [0, 0.1) is 0 Å². The Morgan fingerprint density at radius 2 is 2.21 bits per heavy atom. The van der Waals surface area contributed by atoms with Crippen LogP contribution in [-0.2, 0) is 16.1 Å². The smallest absolute Gasteiger partial charge is 0.334 e. The molecule has 100 valence electrons. The minimum atomic E-state index is -1.09. The van der Waals surface area contributed by atoms with Gasteiger partial charge in [-0.15, -0.1) is 0 Å². The standard InChI is InChI=1S/C13H14N2O4/c1-2-19-11(13(17)18)8-15-10-6-4-3-5-9(10)14-7-12(15)16/h3-7,11H,2,8H2,1H3,(H,17,18). The van der Waals surface area contributed by atoms with Crippen molar-refractivity contribution in [3.05, 3.63) is 40.8 Å². The van der Waals surface area contributed by atoms with Crippen molar-refractivity contribution >= 4 is 17.0 Å². The molecule has 0 spiro atoms. The largest absolute Gasteiger partial charge is 0.479 e. The fourth-order valence-corrected chi connectivity index (χ4v) is 1.87. The third-order valence-electron chi connectivity index (χ3n) is 2.74. The van der Waals surface area contributed by atoms with Gasteiger partial charge in [0.25, 0.3) is 5.56 Å². The highest BCUT2D eigenvalue weighted by Gasteiger charge is 2.19. The monoisotopic (exact) mass is 262 g/mol. The number of benzene rings is 1. The molecule has 1 atom stereocenters. The molecule has 0 aliphatic heterocycles. The van der Waals surface area contributed by atoms with Gasteiger partial charge in [0.15, 0.2) is 6.10 Å². The lowest BCUT2D eigenvalue weighted by molar-refractivity contribution is -0.150. The van der Waals surface area contributed by atoms with Crippen molar-refractivity contribution in [1.82, 2.24) is 9.55 Å². The van der Waals surface area contributed by atoms with E-state index in [-0.39, 0.29) is 18.7 Å². The lowest BCUT2D eigenvalue weighted by atomic mass is 10.2. The quantitative estimate of drug-likeness (QED) is 0.865. The second-order valence-corrected chi connectivity index (χ2v) is 3.98. The molecule has 0 amide bonds. The summed E-state index contributed by atoms with van der Waals surface area (Å²) in [5.41, 5.74) is 0.897. The molecule has 2 rings (SSSR count). The van der Waals surface area contributed by atoms with Crippen molar-refractivity contribution < 1.29 is 14.6 Å². The number of nitrogens with zero attached hydrogens (tertiary/aromatic N) is 2. The third kappa shape index (κ3) is 2.79. The van der Waals surface area contributed by atoms with Crippen molar-refractivity contribution in [2.75, 3.05) is 6.61 Å². The Kier molecular flexibility index (Phi) is 3.91. The van der Waals surface area contributed by atoms with Crippen LogP contribution >= 0.6 is 0 Å². The van der Waals surface area contributed by atoms with Crippen molar-refractivity contribution in [3.8, 4) is 0 Å². The van der Waals surface area contributed by atoms with E-state index in [4.69, 9.17) is 9.84 Å². The van der Waals surface area contributed by atoms with Gasteiger partial charge in [-0.05, 0) is 19.1 Å². The molecule has 1 aromatic carbocycles. The summed E-state index contributed by atoms with van der Waals surface area (Å²) in [5, 5.41) is 9.07. The number of aliphatic carboxylic acids is 1. The van der Waals surface area contributed by atoms with Crippen LogP contribution in [0.4, 0.5) is 0 Å². The summed E-state index contributed by atoms with van der Waals surface area (Å²) in [7, 11) is 0. The highest BCUT2D eigenvalue weighted by atomic mass is 16.5. The number of rotatable bonds is 5. The fraction of sp³-hybridized carbons (Fsp3) is 0.308. The predicted octanol–water partition coefficient (Wildman–Crippen LogP) is 0.886. The van der Waals surface area contributed by atoms with Gasteiger partial charge in [-0.25, -0.2) is 9.78 Å². The Morgan fingerprint density at radius 1 is 1.47 bits per heavy atom. The maximum atomic E-state index is 11.8. The van der Waals surface area contributed by atoms with Gasteiger partial charge in [0.1, 0.15) is 0 Å².